The van der Waals surface area contributed by atoms with Crippen molar-refractivity contribution in [3.05, 3.63) is 153 Å². The Morgan fingerprint density at radius 2 is 1.45 bits per heavy atom. The number of fused-ring (bicyclic) bond motifs is 7. The summed E-state index contributed by atoms with van der Waals surface area (Å²) in [5.74, 6) is 1.70. The van der Waals surface area contributed by atoms with E-state index < -0.39 is 0 Å². The summed E-state index contributed by atoms with van der Waals surface area (Å²) in [6.45, 7) is 0. The molecule has 0 amide bonds. The lowest BCUT2D eigenvalue weighted by atomic mass is 9.66. The summed E-state index contributed by atoms with van der Waals surface area (Å²) in [7, 11) is 0. The maximum absolute atomic E-state index is 2.58. The lowest BCUT2D eigenvalue weighted by Crippen LogP contribution is -2.35. The highest BCUT2D eigenvalue weighted by Crippen LogP contribution is 2.49. The van der Waals surface area contributed by atoms with Gasteiger partial charge in [-0.3, -0.25) is 0 Å². The van der Waals surface area contributed by atoms with Crippen LogP contribution >= 0.6 is 0 Å². The normalized spacial score (nSPS) is 26.8. The van der Waals surface area contributed by atoms with E-state index in [-0.39, 0.29) is 0 Å². The van der Waals surface area contributed by atoms with Crippen LogP contribution in [0.1, 0.15) is 56.1 Å². The van der Waals surface area contributed by atoms with Crippen LogP contribution in [0, 0.1) is 17.8 Å². The molecular weight excluding hydrogens is 504 g/mol. The van der Waals surface area contributed by atoms with Crippen LogP contribution in [0.3, 0.4) is 0 Å². The third-order valence-electron chi connectivity index (χ3n) is 10.6. The van der Waals surface area contributed by atoms with Crippen molar-refractivity contribution in [1.29, 1.82) is 0 Å². The molecule has 204 valence electrons. The smallest absolute Gasteiger partial charge is 0.00982 e. The van der Waals surface area contributed by atoms with Gasteiger partial charge in [0.15, 0.2) is 0 Å². The fourth-order valence-corrected chi connectivity index (χ4v) is 8.64. The minimum absolute atomic E-state index is 0.517. The molecule has 0 fully saturated rings. The molecule has 0 radical (unpaired) electrons. The molecule has 0 aromatic heterocycles. The predicted molar refractivity (Wildman–Crippen MR) is 179 cm³/mol. The van der Waals surface area contributed by atoms with Gasteiger partial charge < -0.3 is 0 Å². The third-order valence-corrected chi connectivity index (χ3v) is 10.6. The van der Waals surface area contributed by atoms with E-state index in [9.17, 15) is 0 Å². The van der Waals surface area contributed by atoms with Gasteiger partial charge in [-0.15, -0.1) is 0 Å². The summed E-state index contributed by atoms with van der Waals surface area (Å²) in [6, 6.07) is 9.25. The maximum atomic E-state index is 2.58. The van der Waals surface area contributed by atoms with Gasteiger partial charge in [0.25, 0.3) is 0 Å². The molecule has 2 aromatic carbocycles. The fourth-order valence-electron chi connectivity index (χ4n) is 8.64. The molecule has 0 nitrogen and oxygen atoms in total. The zero-order valence-electron chi connectivity index (χ0n) is 24.2. The van der Waals surface area contributed by atoms with Crippen LogP contribution in [0.15, 0.2) is 131 Å². The molecule has 0 saturated heterocycles. The Hall–Kier alpha value is -4.16. The van der Waals surface area contributed by atoms with Gasteiger partial charge in [-0.05, 0) is 122 Å². The second-order valence-corrected chi connectivity index (χ2v) is 12.9. The maximum Gasteiger partial charge on any atom is 0.00982 e. The van der Waals surface area contributed by atoms with Crippen LogP contribution in [0.2, 0.25) is 0 Å². The minimum Gasteiger partial charge on any atom is -0.0839 e. The highest BCUT2D eigenvalue weighted by Gasteiger charge is 2.34. The van der Waals surface area contributed by atoms with E-state index in [4.69, 9.17) is 0 Å². The zero-order chi connectivity index (χ0) is 27.6. The summed E-state index contributed by atoms with van der Waals surface area (Å²) in [4.78, 5) is 0. The average Bonchev–Trinajstić information content (AvgIpc) is 3.05. The molecule has 0 aliphatic heterocycles. The molecule has 0 heterocycles. The van der Waals surface area contributed by atoms with E-state index in [1.807, 2.05) is 0 Å². The SMILES string of the molecule is C1=CCC2C=CC(c3c4c(c(C5=C6C=CC7=CC8=CC=CCC8CC7C6=CCC5)c5ccccc35)=CCCC=4)=CC2=C1. The quantitative estimate of drug-likeness (QED) is 0.356. The summed E-state index contributed by atoms with van der Waals surface area (Å²) < 4.78 is 0. The van der Waals surface area contributed by atoms with E-state index in [0.29, 0.717) is 17.8 Å². The van der Waals surface area contributed by atoms with Crippen LogP contribution in [-0.4, -0.2) is 0 Å². The first-order valence-electron chi connectivity index (χ1n) is 16.1. The largest absolute Gasteiger partial charge is 0.0839 e. The van der Waals surface area contributed by atoms with E-state index >= 15 is 0 Å². The van der Waals surface area contributed by atoms with Crippen molar-refractivity contribution < 1.29 is 0 Å². The predicted octanol–water partition coefficient (Wildman–Crippen LogP) is 9.14. The second kappa shape index (κ2) is 9.70. The molecule has 0 spiro atoms. The first-order valence-corrected chi connectivity index (χ1v) is 16.1. The standard InChI is InChI=1S/C42H36/c1-2-11-28-25-32(21-20-27(28)10-1)41-36-14-5-7-16-38(36)42(39-17-8-6-15-37(39)41)35-19-9-18-33-34(35)23-22-31-24-29-12-3-4-13-30(29)26-40(31)33/h1-5,7,11-12,14-18,20-25,27,30,40H,6,8-10,13,19,26H2. The Bertz CT molecular complexity index is 2000. The molecular formula is C42H36. The molecule has 0 heteroatoms. The van der Waals surface area contributed by atoms with Gasteiger partial charge in [-0.2, -0.15) is 0 Å². The number of benzene rings is 2. The first kappa shape index (κ1) is 24.4. The third kappa shape index (κ3) is 3.74. The second-order valence-electron chi connectivity index (χ2n) is 12.9. The molecule has 0 N–H and O–H groups in total. The van der Waals surface area contributed by atoms with Gasteiger partial charge >= 0.3 is 0 Å². The van der Waals surface area contributed by atoms with Crippen molar-refractivity contribution in [2.75, 3.05) is 0 Å². The molecule has 42 heavy (non-hydrogen) atoms. The number of hydrogen-bond acceptors (Lipinski definition) is 0. The van der Waals surface area contributed by atoms with Crippen molar-refractivity contribution in [2.45, 2.75) is 44.9 Å². The monoisotopic (exact) mass is 540 g/mol. The van der Waals surface area contributed by atoms with Crippen molar-refractivity contribution >= 4 is 34.1 Å². The van der Waals surface area contributed by atoms with Gasteiger partial charge in [0, 0.05) is 11.8 Å². The molecule has 3 atom stereocenters. The Balaban J connectivity index is 1.28. The summed E-state index contributed by atoms with van der Waals surface area (Å²) >= 11 is 0. The van der Waals surface area contributed by atoms with E-state index in [2.05, 4.69) is 115 Å². The lowest BCUT2D eigenvalue weighted by molar-refractivity contribution is 0.481. The Labute approximate surface area is 248 Å². The number of allylic oxidation sites excluding steroid dienone is 20. The summed E-state index contributed by atoms with van der Waals surface area (Å²) in [5, 5.41) is 5.72. The van der Waals surface area contributed by atoms with Gasteiger partial charge in [-0.25, -0.2) is 0 Å². The van der Waals surface area contributed by atoms with Crippen LogP contribution in [0.5, 0.6) is 0 Å². The van der Waals surface area contributed by atoms with Crippen molar-refractivity contribution in [2.24, 2.45) is 17.8 Å². The van der Waals surface area contributed by atoms with Crippen molar-refractivity contribution in [3.63, 3.8) is 0 Å². The number of hydrogen-bond donors (Lipinski definition) is 0. The van der Waals surface area contributed by atoms with Crippen LogP contribution in [0.4, 0.5) is 0 Å². The number of rotatable bonds is 2. The Morgan fingerprint density at radius 3 is 2.33 bits per heavy atom. The summed E-state index contributed by atoms with van der Waals surface area (Å²) in [5.41, 5.74) is 13.4. The highest BCUT2D eigenvalue weighted by molar-refractivity contribution is 6.04. The Morgan fingerprint density at radius 1 is 0.667 bits per heavy atom. The lowest BCUT2D eigenvalue weighted by Gasteiger charge is -2.38. The van der Waals surface area contributed by atoms with Crippen LogP contribution in [-0.2, 0) is 0 Å². The van der Waals surface area contributed by atoms with Gasteiger partial charge in [-0.1, -0.05) is 115 Å². The van der Waals surface area contributed by atoms with Crippen molar-refractivity contribution in [3.8, 4) is 0 Å². The zero-order valence-corrected chi connectivity index (χ0v) is 24.2. The van der Waals surface area contributed by atoms with Crippen LogP contribution in [0.25, 0.3) is 34.1 Å². The minimum atomic E-state index is 0.517. The topological polar surface area (TPSA) is 0 Å². The van der Waals surface area contributed by atoms with Gasteiger partial charge in [0.05, 0.1) is 0 Å². The molecule has 7 aliphatic carbocycles. The average molecular weight is 541 g/mol. The highest BCUT2D eigenvalue weighted by atomic mass is 14.4. The molecule has 0 saturated carbocycles. The van der Waals surface area contributed by atoms with Crippen LogP contribution < -0.4 is 10.4 Å². The van der Waals surface area contributed by atoms with Gasteiger partial charge in [0.2, 0.25) is 0 Å². The van der Waals surface area contributed by atoms with E-state index in [1.54, 1.807) is 11.1 Å². The first-order chi connectivity index (χ1) is 20.8. The van der Waals surface area contributed by atoms with Gasteiger partial charge in [0.1, 0.15) is 0 Å². The fraction of sp³-hybridized carbons (Fsp3) is 0.238. The van der Waals surface area contributed by atoms with E-state index in [0.717, 1.165) is 32.1 Å². The van der Waals surface area contributed by atoms with Crippen molar-refractivity contribution in [1.82, 2.24) is 0 Å². The van der Waals surface area contributed by atoms with E-state index in [1.165, 1.54) is 73.0 Å². The molecule has 9 rings (SSSR count). The molecule has 7 aliphatic rings. The molecule has 3 unspecified atom stereocenters. The molecule has 0 bridgehead atoms. The molecule has 2 aromatic rings. The Kier molecular flexibility index (Phi) is 5.65. The summed E-state index contributed by atoms with van der Waals surface area (Å²) in [6.07, 6.45) is 44.1.